The molecule has 1 N–H and O–H groups in total. The SMILES string of the molecule is CC(C)(C)C(=O)N1CCCC(Cc2cc(-c3ccc(C(=O)O)cc3)ncn2)C1. The average molecular weight is 381 g/mol. The summed E-state index contributed by atoms with van der Waals surface area (Å²) in [6.07, 6.45) is 4.45. The highest BCUT2D eigenvalue weighted by Crippen LogP contribution is 2.26. The molecule has 148 valence electrons. The van der Waals surface area contributed by atoms with E-state index in [1.54, 1.807) is 30.6 Å². The van der Waals surface area contributed by atoms with E-state index in [2.05, 4.69) is 9.97 Å². The van der Waals surface area contributed by atoms with Crippen LogP contribution in [0.2, 0.25) is 0 Å². The third kappa shape index (κ3) is 4.74. The molecule has 3 rings (SSSR count). The summed E-state index contributed by atoms with van der Waals surface area (Å²) in [6.45, 7) is 7.49. The van der Waals surface area contributed by atoms with Crippen LogP contribution in [0.25, 0.3) is 11.3 Å². The maximum Gasteiger partial charge on any atom is 0.335 e. The normalized spacial score (nSPS) is 17.4. The first-order valence-electron chi connectivity index (χ1n) is 9.68. The Morgan fingerprint density at radius 1 is 1.18 bits per heavy atom. The van der Waals surface area contributed by atoms with Crippen molar-refractivity contribution in [1.29, 1.82) is 0 Å². The van der Waals surface area contributed by atoms with Gasteiger partial charge < -0.3 is 10.0 Å². The lowest BCUT2D eigenvalue weighted by molar-refractivity contribution is -0.141. The van der Waals surface area contributed by atoms with E-state index in [9.17, 15) is 9.59 Å². The van der Waals surface area contributed by atoms with Gasteiger partial charge >= 0.3 is 5.97 Å². The standard InChI is InChI=1S/C22H27N3O3/c1-22(2,3)21(28)25-10-4-5-15(13-25)11-18-12-19(24-14-23-18)16-6-8-17(9-7-16)20(26)27/h6-9,12,14-15H,4-5,10-11,13H2,1-3H3,(H,26,27). The minimum atomic E-state index is -0.943. The fraction of sp³-hybridized carbons (Fsp3) is 0.455. The lowest BCUT2D eigenvalue weighted by Gasteiger charge is -2.36. The molecule has 0 aliphatic carbocycles. The van der Waals surface area contributed by atoms with Crippen molar-refractivity contribution < 1.29 is 14.7 Å². The van der Waals surface area contributed by atoms with Gasteiger partial charge in [-0.25, -0.2) is 14.8 Å². The van der Waals surface area contributed by atoms with Crippen LogP contribution in [0.3, 0.4) is 0 Å². The van der Waals surface area contributed by atoms with Gasteiger partial charge in [-0.05, 0) is 43.4 Å². The molecule has 1 amide bonds. The molecule has 28 heavy (non-hydrogen) atoms. The molecule has 1 aromatic carbocycles. The molecule has 0 saturated carbocycles. The predicted octanol–water partition coefficient (Wildman–Crippen LogP) is 3.67. The number of likely N-dealkylation sites (tertiary alicyclic amines) is 1. The van der Waals surface area contributed by atoms with Crippen LogP contribution in [0.1, 0.15) is 49.7 Å². The molecular formula is C22H27N3O3. The quantitative estimate of drug-likeness (QED) is 0.874. The van der Waals surface area contributed by atoms with Crippen molar-refractivity contribution in [1.82, 2.24) is 14.9 Å². The molecule has 0 spiro atoms. The van der Waals surface area contributed by atoms with Gasteiger partial charge in [0, 0.05) is 29.8 Å². The summed E-state index contributed by atoms with van der Waals surface area (Å²) in [7, 11) is 0. The summed E-state index contributed by atoms with van der Waals surface area (Å²) in [5, 5.41) is 9.03. The van der Waals surface area contributed by atoms with Crippen LogP contribution < -0.4 is 0 Å². The van der Waals surface area contributed by atoms with E-state index in [4.69, 9.17) is 5.11 Å². The molecule has 0 radical (unpaired) electrons. The lowest BCUT2D eigenvalue weighted by Crippen LogP contribution is -2.45. The maximum absolute atomic E-state index is 12.6. The van der Waals surface area contributed by atoms with Crippen molar-refractivity contribution in [3.63, 3.8) is 0 Å². The van der Waals surface area contributed by atoms with E-state index in [0.717, 1.165) is 49.3 Å². The average Bonchev–Trinajstić information content (AvgIpc) is 2.67. The first-order valence-corrected chi connectivity index (χ1v) is 9.68. The number of rotatable bonds is 4. The number of hydrogen-bond acceptors (Lipinski definition) is 4. The Balaban J connectivity index is 1.70. The van der Waals surface area contributed by atoms with E-state index in [0.29, 0.717) is 5.92 Å². The molecule has 1 saturated heterocycles. The van der Waals surface area contributed by atoms with Crippen LogP contribution in [0.4, 0.5) is 0 Å². The highest BCUT2D eigenvalue weighted by molar-refractivity contribution is 5.88. The maximum atomic E-state index is 12.6. The van der Waals surface area contributed by atoms with Crippen molar-refractivity contribution in [2.45, 2.75) is 40.0 Å². The van der Waals surface area contributed by atoms with Gasteiger partial charge in [-0.1, -0.05) is 32.9 Å². The fourth-order valence-corrected chi connectivity index (χ4v) is 3.64. The zero-order chi connectivity index (χ0) is 20.3. The largest absolute Gasteiger partial charge is 0.478 e. The van der Waals surface area contributed by atoms with Crippen LogP contribution >= 0.6 is 0 Å². The van der Waals surface area contributed by atoms with Gasteiger partial charge in [-0.15, -0.1) is 0 Å². The monoisotopic (exact) mass is 381 g/mol. The predicted molar refractivity (Wildman–Crippen MR) is 107 cm³/mol. The third-order valence-electron chi connectivity index (χ3n) is 5.10. The summed E-state index contributed by atoms with van der Waals surface area (Å²) >= 11 is 0. The molecule has 6 nitrogen and oxygen atoms in total. The number of carbonyl (C=O) groups is 2. The Morgan fingerprint density at radius 2 is 1.89 bits per heavy atom. The van der Waals surface area contributed by atoms with Crippen LogP contribution in [-0.2, 0) is 11.2 Å². The van der Waals surface area contributed by atoms with Gasteiger partial charge in [0.15, 0.2) is 0 Å². The number of piperidine rings is 1. The van der Waals surface area contributed by atoms with Gasteiger partial charge in [-0.2, -0.15) is 0 Å². The topological polar surface area (TPSA) is 83.4 Å². The summed E-state index contributed by atoms with van der Waals surface area (Å²) in [6, 6.07) is 8.65. The Bertz CT molecular complexity index is 856. The van der Waals surface area contributed by atoms with Gasteiger partial charge in [0.1, 0.15) is 6.33 Å². The number of carbonyl (C=O) groups excluding carboxylic acids is 1. The molecule has 1 unspecified atom stereocenters. The van der Waals surface area contributed by atoms with Crippen molar-refractivity contribution in [3.8, 4) is 11.3 Å². The highest BCUT2D eigenvalue weighted by atomic mass is 16.4. The Hall–Kier alpha value is -2.76. The van der Waals surface area contributed by atoms with E-state index < -0.39 is 5.97 Å². The highest BCUT2D eigenvalue weighted by Gasteiger charge is 2.31. The first kappa shape index (κ1) is 20.0. The summed E-state index contributed by atoms with van der Waals surface area (Å²) in [5.74, 6) is -0.349. The Kier molecular flexibility index (Phi) is 5.77. The van der Waals surface area contributed by atoms with E-state index in [1.807, 2.05) is 31.7 Å². The van der Waals surface area contributed by atoms with Crippen molar-refractivity contribution in [2.24, 2.45) is 11.3 Å². The molecule has 1 aliphatic heterocycles. The molecule has 1 fully saturated rings. The van der Waals surface area contributed by atoms with Gasteiger partial charge in [0.2, 0.25) is 5.91 Å². The second-order valence-corrected chi connectivity index (χ2v) is 8.49. The molecule has 1 atom stereocenters. The second-order valence-electron chi connectivity index (χ2n) is 8.49. The lowest BCUT2D eigenvalue weighted by atomic mass is 9.89. The Labute approximate surface area is 165 Å². The van der Waals surface area contributed by atoms with Crippen molar-refractivity contribution in [2.75, 3.05) is 13.1 Å². The molecule has 1 aliphatic rings. The van der Waals surface area contributed by atoms with Crippen LogP contribution in [0, 0.1) is 11.3 Å². The Morgan fingerprint density at radius 3 is 2.54 bits per heavy atom. The van der Waals surface area contributed by atoms with Crippen LogP contribution in [0.15, 0.2) is 36.7 Å². The van der Waals surface area contributed by atoms with Crippen molar-refractivity contribution >= 4 is 11.9 Å². The van der Waals surface area contributed by atoms with Gasteiger partial charge in [-0.3, -0.25) is 4.79 Å². The zero-order valence-electron chi connectivity index (χ0n) is 16.7. The summed E-state index contributed by atoms with van der Waals surface area (Å²) in [4.78, 5) is 34.3. The number of aromatic nitrogens is 2. The van der Waals surface area contributed by atoms with Crippen LogP contribution in [-0.4, -0.2) is 44.9 Å². The van der Waals surface area contributed by atoms with Gasteiger partial charge in [0.25, 0.3) is 0 Å². The molecule has 1 aromatic heterocycles. The number of nitrogens with zero attached hydrogens (tertiary/aromatic N) is 3. The molecular weight excluding hydrogens is 354 g/mol. The van der Waals surface area contributed by atoms with E-state index in [-0.39, 0.29) is 16.9 Å². The zero-order valence-corrected chi connectivity index (χ0v) is 16.7. The number of amides is 1. The number of hydrogen-bond donors (Lipinski definition) is 1. The molecule has 2 aromatic rings. The second kappa shape index (κ2) is 8.09. The summed E-state index contributed by atoms with van der Waals surface area (Å²) < 4.78 is 0. The number of aromatic carboxylic acids is 1. The van der Waals surface area contributed by atoms with Gasteiger partial charge in [0.05, 0.1) is 11.3 Å². The third-order valence-corrected chi connectivity index (χ3v) is 5.10. The van der Waals surface area contributed by atoms with Crippen LogP contribution in [0.5, 0.6) is 0 Å². The summed E-state index contributed by atoms with van der Waals surface area (Å²) in [5.41, 5.74) is 2.49. The van der Waals surface area contributed by atoms with E-state index >= 15 is 0 Å². The number of carboxylic acids is 1. The first-order chi connectivity index (χ1) is 13.2. The minimum absolute atomic E-state index is 0.207. The minimum Gasteiger partial charge on any atom is -0.478 e. The molecule has 6 heteroatoms. The molecule has 2 heterocycles. The number of carboxylic acid groups (broad SMARTS) is 1. The molecule has 0 bridgehead atoms. The smallest absolute Gasteiger partial charge is 0.335 e. The fourth-order valence-electron chi connectivity index (χ4n) is 3.64. The van der Waals surface area contributed by atoms with Crippen molar-refractivity contribution in [3.05, 3.63) is 47.9 Å². The van der Waals surface area contributed by atoms with E-state index in [1.165, 1.54) is 0 Å². The number of benzene rings is 1.